The highest BCUT2D eigenvalue weighted by molar-refractivity contribution is 7.91. The molecule has 0 aliphatic rings. The predicted molar refractivity (Wildman–Crippen MR) is 116 cm³/mol. The summed E-state index contributed by atoms with van der Waals surface area (Å²) in [5.41, 5.74) is 6.72. The standard InChI is InChI=1S/C21H32N4O4S/c1-7-17-19(30(27,28)16-11-9-15(22)10-12-16)18(8-2)25(24-17)13-14(3)23-20(26)29-21(4,5)6/h9-12,14H,7-8,13,22H2,1-6H3,(H,23,26)/t14-/m0/s1. The summed E-state index contributed by atoms with van der Waals surface area (Å²) in [6, 6.07) is 5.85. The summed E-state index contributed by atoms with van der Waals surface area (Å²) in [4.78, 5) is 12.5. The van der Waals surface area contributed by atoms with Crippen molar-refractivity contribution in [3.63, 3.8) is 0 Å². The Balaban J connectivity index is 2.37. The molecule has 1 aromatic heterocycles. The van der Waals surface area contributed by atoms with E-state index >= 15 is 0 Å². The molecule has 0 spiro atoms. The molecule has 0 fully saturated rings. The number of aryl methyl sites for hydroxylation is 1. The van der Waals surface area contributed by atoms with Crippen molar-refractivity contribution in [3.8, 4) is 0 Å². The van der Waals surface area contributed by atoms with Crippen LogP contribution in [0.15, 0.2) is 34.1 Å². The van der Waals surface area contributed by atoms with Crippen LogP contribution in [-0.2, 0) is 34.0 Å². The molecule has 0 aliphatic carbocycles. The van der Waals surface area contributed by atoms with E-state index in [1.54, 1.807) is 37.6 Å². The molecule has 1 heterocycles. The Morgan fingerprint density at radius 1 is 1.20 bits per heavy atom. The molecule has 2 aromatic rings. The molecule has 0 unspecified atom stereocenters. The van der Waals surface area contributed by atoms with Crippen molar-refractivity contribution in [2.45, 2.75) is 82.4 Å². The third-order valence-corrected chi connectivity index (χ3v) is 6.32. The van der Waals surface area contributed by atoms with Crippen molar-refractivity contribution in [2.24, 2.45) is 0 Å². The Morgan fingerprint density at radius 2 is 1.80 bits per heavy atom. The third-order valence-electron chi connectivity index (χ3n) is 4.42. The summed E-state index contributed by atoms with van der Waals surface area (Å²) < 4.78 is 33.7. The van der Waals surface area contributed by atoms with Gasteiger partial charge in [0.05, 0.1) is 22.8 Å². The minimum absolute atomic E-state index is 0.181. The number of ether oxygens (including phenoxy) is 1. The molecule has 1 atom stereocenters. The van der Waals surface area contributed by atoms with E-state index in [2.05, 4.69) is 10.4 Å². The molecule has 3 N–H and O–H groups in total. The van der Waals surface area contributed by atoms with Crippen LogP contribution in [0, 0.1) is 0 Å². The SMILES string of the molecule is CCc1nn(C[C@H](C)NC(=O)OC(C)(C)C)c(CC)c1S(=O)(=O)c1ccc(N)cc1. The molecule has 0 bridgehead atoms. The Bertz CT molecular complexity index is 989. The number of sulfone groups is 1. The van der Waals surface area contributed by atoms with E-state index in [0.29, 0.717) is 36.5 Å². The van der Waals surface area contributed by atoms with Crippen LogP contribution in [0.2, 0.25) is 0 Å². The number of benzene rings is 1. The number of carbonyl (C=O) groups excluding carboxylic acids is 1. The smallest absolute Gasteiger partial charge is 0.407 e. The number of hydrogen-bond acceptors (Lipinski definition) is 6. The minimum atomic E-state index is -3.75. The van der Waals surface area contributed by atoms with E-state index in [1.807, 2.05) is 20.8 Å². The van der Waals surface area contributed by atoms with Crippen molar-refractivity contribution < 1.29 is 17.9 Å². The molecule has 0 aliphatic heterocycles. The Kier molecular flexibility index (Phi) is 7.18. The van der Waals surface area contributed by atoms with Gasteiger partial charge >= 0.3 is 6.09 Å². The second kappa shape index (κ2) is 9.07. The minimum Gasteiger partial charge on any atom is -0.444 e. The molecule has 0 saturated heterocycles. The van der Waals surface area contributed by atoms with Gasteiger partial charge in [-0.2, -0.15) is 5.10 Å². The maximum atomic E-state index is 13.4. The van der Waals surface area contributed by atoms with Crippen LogP contribution in [0.25, 0.3) is 0 Å². The summed E-state index contributed by atoms with van der Waals surface area (Å²) >= 11 is 0. The molecule has 8 nitrogen and oxygen atoms in total. The van der Waals surface area contributed by atoms with Gasteiger partial charge in [-0.25, -0.2) is 13.2 Å². The number of nitrogens with zero attached hydrogens (tertiary/aromatic N) is 2. The molecule has 0 radical (unpaired) electrons. The maximum Gasteiger partial charge on any atom is 0.407 e. The van der Waals surface area contributed by atoms with Crippen molar-refractivity contribution >= 4 is 21.6 Å². The molecule has 1 aromatic carbocycles. The lowest BCUT2D eigenvalue weighted by Gasteiger charge is -2.22. The van der Waals surface area contributed by atoms with Crippen molar-refractivity contribution in [2.75, 3.05) is 5.73 Å². The number of anilines is 1. The van der Waals surface area contributed by atoms with Gasteiger partial charge in [0.2, 0.25) is 9.84 Å². The fraction of sp³-hybridized carbons (Fsp3) is 0.524. The predicted octanol–water partition coefficient (Wildman–Crippen LogP) is 3.34. The highest BCUT2D eigenvalue weighted by atomic mass is 32.2. The second-order valence-corrected chi connectivity index (χ2v) is 10.1. The second-order valence-electron chi connectivity index (χ2n) is 8.23. The lowest BCUT2D eigenvalue weighted by Crippen LogP contribution is -2.40. The Hall–Kier alpha value is -2.55. The van der Waals surface area contributed by atoms with Crippen LogP contribution in [-0.4, -0.2) is 35.9 Å². The first-order valence-corrected chi connectivity index (χ1v) is 11.6. The number of alkyl carbamates (subject to hydrolysis) is 1. The first kappa shape index (κ1) is 23.7. The zero-order valence-electron chi connectivity index (χ0n) is 18.5. The molecule has 2 rings (SSSR count). The van der Waals surface area contributed by atoms with Crippen LogP contribution in [0.4, 0.5) is 10.5 Å². The number of aromatic nitrogens is 2. The average Bonchev–Trinajstić information content (AvgIpc) is 2.98. The van der Waals surface area contributed by atoms with Gasteiger partial charge in [-0.1, -0.05) is 13.8 Å². The van der Waals surface area contributed by atoms with E-state index in [-0.39, 0.29) is 15.8 Å². The lowest BCUT2D eigenvalue weighted by molar-refractivity contribution is 0.0503. The van der Waals surface area contributed by atoms with Gasteiger partial charge < -0.3 is 15.8 Å². The fourth-order valence-corrected chi connectivity index (χ4v) is 4.93. The normalized spacial score (nSPS) is 13.1. The number of nitrogens with one attached hydrogen (secondary N) is 1. The Morgan fingerprint density at radius 3 is 2.30 bits per heavy atom. The van der Waals surface area contributed by atoms with Gasteiger partial charge in [0.1, 0.15) is 10.5 Å². The van der Waals surface area contributed by atoms with Crippen molar-refractivity contribution in [1.29, 1.82) is 0 Å². The monoisotopic (exact) mass is 436 g/mol. The first-order valence-electron chi connectivity index (χ1n) is 10.1. The molecule has 166 valence electrons. The zero-order valence-corrected chi connectivity index (χ0v) is 19.3. The average molecular weight is 437 g/mol. The van der Waals surface area contributed by atoms with Crippen LogP contribution in [0.1, 0.15) is 52.9 Å². The number of nitrogens with two attached hydrogens (primary N) is 1. The van der Waals surface area contributed by atoms with Crippen LogP contribution in [0.5, 0.6) is 0 Å². The largest absolute Gasteiger partial charge is 0.444 e. The zero-order chi connectivity index (χ0) is 22.7. The molecule has 9 heteroatoms. The van der Waals surface area contributed by atoms with Gasteiger partial charge in [-0.05, 0) is 64.8 Å². The summed E-state index contributed by atoms with van der Waals surface area (Å²) in [5.74, 6) is 0. The third kappa shape index (κ3) is 5.53. The summed E-state index contributed by atoms with van der Waals surface area (Å²) in [5, 5.41) is 7.33. The molecule has 0 saturated carbocycles. The van der Waals surface area contributed by atoms with E-state index in [4.69, 9.17) is 10.5 Å². The number of nitrogen functional groups attached to an aromatic ring is 1. The highest BCUT2D eigenvalue weighted by Crippen LogP contribution is 2.29. The van der Waals surface area contributed by atoms with Gasteiger partial charge in [0, 0.05) is 11.7 Å². The number of carbonyl (C=O) groups is 1. The van der Waals surface area contributed by atoms with E-state index in [1.165, 1.54) is 12.1 Å². The van der Waals surface area contributed by atoms with Crippen LogP contribution >= 0.6 is 0 Å². The molecule has 1 amide bonds. The van der Waals surface area contributed by atoms with E-state index < -0.39 is 21.5 Å². The number of hydrogen-bond donors (Lipinski definition) is 2. The van der Waals surface area contributed by atoms with Gasteiger partial charge in [-0.3, -0.25) is 4.68 Å². The summed E-state index contributed by atoms with van der Waals surface area (Å²) in [6.07, 6.45) is 0.429. The summed E-state index contributed by atoms with van der Waals surface area (Å²) in [7, 11) is -3.75. The van der Waals surface area contributed by atoms with Gasteiger partial charge in [-0.15, -0.1) is 0 Å². The van der Waals surface area contributed by atoms with Crippen LogP contribution in [0.3, 0.4) is 0 Å². The van der Waals surface area contributed by atoms with Gasteiger partial charge in [0.25, 0.3) is 0 Å². The Labute approximate surface area is 178 Å². The topological polar surface area (TPSA) is 116 Å². The summed E-state index contributed by atoms with van der Waals surface area (Å²) in [6.45, 7) is 11.3. The van der Waals surface area contributed by atoms with Crippen molar-refractivity contribution in [3.05, 3.63) is 35.7 Å². The van der Waals surface area contributed by atoms with E-state index in [0.717, 1.165) is 0 Å². The molecular weight excluding hydrogens is 404 g/mol. The van der Waals surface area contributed by atoms with E-state index in [9.17, 15) is 13.2 Å². The fourth-order valence-electron chi connectivity index (χ4n) is 3.15. The lowest BCUT2D eigenvalue weighted by atomic mass is 10.2. The number of rotatable bonds is 7. The number of amides is 1. The van der Waals surface area contributed by atoms with Gasteiger partial charge in [0.15, 0.2) is 0 Å². The molecule has 30 heavy (non-hydrogen) atoms. The first-order chi connectivity index (χ1) is 13.9. The van der Waals surface area contributed by atoms with Crippen LogP contribution < -0.4 is 11.1 Å². The van der Waals surface area contributed by atoms with Crippen molar-refractivity contribution in [1.82, 2.24) is 15.1 Å². The highest BCUT2D eigenvalue weighted by Gasteiger charge is 2.29. The molecular formula is C21H32N4O4S. The maximum absolute atomic E-state index is 13.4. The quantitative estimate of drug-likeness (QED) is 0.643.